The van der Waals surface area contributed by atoms with Crippen LogP contribution in [0.4, 0.5) is 0 Å². The zero-order chi connectivity index (χ0) is 22.2. The van der Waals surface area contributed by atoms with E-state index >= 15 is 0 Å². The average Bonchev–Trinajstić information content (AvgIpc) is 3.09. The summed E-state index contributed by atoms with van der Waals surface area (Å²) in [5.41, 5.74) is 2.60. The summed E-state index contributed by atoms with van der Waals surface area (Å²) in [5.74, 6) is 0.179. The lowest BCUT2D eigenvalue weighted by atomic mass is 10.0. The van der Waals surface area contributed by atoms with Crippen LogP contribution in [0.2, 0.25) is 0 Å². The summed E-state index contributed by atoms with van der Waals surface area (Å²) in [6, 6.07) is 12.3. The highest BCUT2D eigenvalue weighted by Gasteiger charge is 2.28. The van der Waals surface area contributed by atoms with E-state index in [1.54, 1.807) is 12.1 Å². The molecule has 0 bridgehead atoms. The molecule has 2 heterocycles. The van der Waals surface area contributed by atoms with E-state index in [-0.39, 0.29) is 10.8 Å². The van der Waals surface area contributed by atoms with Crippen LogP contribution in [0, 0.1) is 12.8 Å². The lowest BCUT2D eigenvalue weighted by Gasteiger charge is -2.29. The quantitative estimate of drug-likeness (QED) is 0.590. The van der Waals surface area contributed by atoms with Gasteiger partial charge in [0.25, 0.3) is 5.91 Å². The number of aryl methyl sites for hydroxylation is 2. The number of rotatable bonds is 4. The molecule has 4 rings (SSSR count). The predicted molar refractivity (Wildman–Crippen MR) is 124 cm³/mol. The summed E-state index contributed by atoms with van der Waals surface area (Å²) in [6.07, 6.45) is 1.75. The Balaban J connectivity index is 1.61. The van der Waals surface area contributed by atoms with Crippen LogP contribution >= 0.6 is 11.3 Å². The van der Waals surface area contributed by atoms with Crippen LogP contribution < -0.4 is 4.80 Å². The number of piperidine rings is 1. The lowest BCUT2D eigenvalue weighted by molar-refractivity contribution is 0.0997. The summed E-state index contributed by atoms with van der Waals surface area (Å²) in [5, 5.41) is 0. The van der Waals surface area contributed by atoms with E-state index in [1.807, 2.05) is 18.4 Å². The largest absolute Gasteiger partial charge is 0.317 e. The van der Waals surface area contributed by atoms with Crippen molar-refractivity contribution < 1.29 is 13.2 Å². The number of carbonyl (C=O) groups is 1. The minimum atomic E-state index is -3.53. The fourth-order valence-electron chi connectivity index (χ4n) is 3.87. The SMILES string of the molecule is CCn1c(=NC(=O)c2ccc(S(=O)(=O)N3CCC(C)CC3)cc2)sc2cc(C)ccc21. The third-order valence-corrected chi connectivity index (χ3v) is 8.79. The molecule has 31 heavy (non-hydrogen) atoms. The second kappa shape index (κ2) is 8.68. The van der Waals surface area contributed by atoms with Crippen molar-refractivity contribution in [3.8, 4) is 0 Å². The van der Waals surface area contributed by atoms with Crippen LogP contribution in [0.3, 0.4) is 0 Å². The van der Waals surface area contributed by atoms with Gasteiger partial charge in [0.1, 0.15) is 0 Å². The molecule has 1 aliphatic heterocycles. The molecular weight excluding hydrogens is 430 g/mol. The van der Waals surface area contributed by atoms with E-state index in [9.17, 15) is 13.2 Å². The third kappa shape index (κ3) is 4.37. The standard InChI is InChI=1S/C23H27N3O3S2/c1-4-26-20-10-5-17(3)15-21(20)30-23(26)24-22(27)18-6-8-19(9-7-18)31(28,29)25-13-11-16(2)12-14-25/h5-10,15-16H,4,11-14H2,1-3H3. The summed E-state index contributed by atoms with van der Waals surface area (Å²) >= 11 is 1.48. The van der Waals surface area contributed by atoms with Gasteiger partial charge in [-0.15, -0.1) is 0 Å². The highest BCUT2D eigenvalue weighted by Crippen LogP contribution is 2.24. The average molecular weight is 458 g/mol. The van der Waals surface area contributed by atoms with Crippen molar-refractivity contribution in [2.75, 3.05) is 13.1 Å². The Kier molecular flexibility index (Phi) is 6.14. The van der Waals surface area contributed by atoms with Crippen molar-refractivity contribution in [1.29, 1.82) is 0 Å². The molecule has 1 aliphatic rings. The maximum absolute atomic E-state index is 12.9. The molecule has 0 unspecified atom stereocenters. The van der Waals surface area contributed by atoms with Crippen molar-refractivity contribution >= 4 is 37.5 Å². The number of benzene rings is 2. The second-order valence-electron chi connectivity index (χ2n) is 8.13. The van der Waals surface area contributed by atoms with Gasteiger partial charge in [-0.25, -0.2) is 8.42 Å². The van der Waals surface area contributed by atoms with Crippen LogP contribution in [0.15, 0.2) is 52.4 Å². The first kappa shape index (κ1) is 21.9. The van der Waals surface area contributed by atoms with Gasteiger partial charge in [-0.3, -0.25) is 4.79 Å². The monoisotopic (exact) mass is 457 g/mol. The summed E-state index contributed by atoms with van der Waals surface area (Å²) in [6.45, 7) is 8.01. The number of nitrogens with zero attached hydrogens (tertiary/aromatic N) is 3. The molecule has 1 aromatic heterocycles. The zero-order valence-electron chi connectivity index (χ0n) is 18.0. The summed E-state index contributed by atoms with van der Waals surface area (Å²) in [4.78, 5) is 18.0. The van der Waals surface area contributed by atoms with Gasteiger partial charge in [0, 0.05) is 25.2 Å². The smallest absolute Gasteiger partial charge is 0.279 e. The number of hydrogen-bond donors (Lipinski definition) is 0. The topological polar surface area (TPSA) is 71.7 Å². The van der Waals surface area contributed by atoms with Gasteiger partial charge in [-0.2, -0.15) is 9.30 Å². The van der Waals surface area contributed by atoms with Crippen LogP contribution in [0.5, 0.6) is 0 Å². The molecule has 0 aliphatic carbocycles. The van der Waals surface area contributed by atoms with Gasteiger partial charge >= 0.3 is 0 Å². The molecule has 0 saturated carbocycles. The second-order valence-corrected chi connectivity index (χ2v) is 11.1. The number of carbonyl (C=O) groups excluding carboxylic acids is 1. The number of hydrogen-bond acceptors (Lipinski definition) is 4. The van der Waals surface area contributed by atoms with Crippen molar-refractivity contribution in [1.82, 2.24) is 8.87 Å². The number of aromatic nitrogens is 1. The fourth-order valence-corrected chi connectivity index (χ4v) is 6.53. The van der Waals surface area contributed by atoms with Crippen LogP contribution in [-0.2, 0) is 16.6 Å². The molecule has 1 amide bonds. The van der Waals surface area contributed by atoms with Crippen molar-refractivity contribution in [2.45, 2.75) is 45.1 Å². The molecule has 3 aromatic rings. The van der Waals surface area contributed by atoms with E-state index < -0.39 is 10.0 Å². The van der Waals surface area contributed by atoms with Gasteiger partial charge in [-0.1, -0.05) is 24.3 Å². The van der Waals surface area contributed by atoms with Crippen molar-refractivity contribution in [3.63, 3.8) is 0 Å². The molecular formula is C23H27N3O3S2. The normalized spacial score (nSPS) is 16.8. The van der Waals surface area contributed by atoms with Crippen LogP contribution in [0.1, 0.15) is 42.6 Å². The van der Waals surface area contributed by atoms with Crippen LogP contribution in [-0.4, -0.2) is 36.3 Å². The molecule has 8 heteroatoms. The Morgan fingerprint density at radius 3 is 2.45 bits per heavy atom. The Labute approximate surface area is 186 Å². The first-order valence-corrected chi connectivity index (χ1v) is 12.8. The lowest BCUT2D eigenvalue weighted by Crippen LogP contribution is -2.37. The van der Waals surface area contributed by atoms with Crippen molar-refractivity contribution in [3.05, 3.63) is 58.4 Å². The van der Waals surface area contributed by atoms with Gasteiger partial charge in [0.15, 0.2) is 4.80 Å². The van der Waals surface area contributed by atoms with E-state index in [2.05, 4.69) is 30.1 Å². The fraction of sp³-hybridized carbons (Fsp3) is 0.391. The summed E-state index contributed by atoms with van der Waals surface area (Å²) in [7, 11) is -3.53. The molecule has 1 saturated heterocycles. The molecule has 164 valence electrons. The molecule has 0 radical (unpaired) electrons. The van der Waals surface area contributed by atoms with E-state index in [0.717, 1.165) is 28.6 Å². The van der Waals surface area contributed by atoms with E-state index in [4.69, 9.17) is 0 Å². The Morgan fingerprint density at radius 2 is 1.81 bits per heavy atom. The number of sulfonamides is 1. The molecule has 2 aromatic carbocycles. The molecule has 0 spiro atoms. The van der Waals surface area contributed by atoms with Gasteiger partial charge < -0.3 is 4.57 Å². The first-order chi connectivity index (χ1) is 14.8. The number of fused-ring (bicyclic) bond motifs is 1. The molecule has 0 atom stereocenters. The molecule has 1 fully saturated rings. The zero-order valence-corrected chi connectivity index (χ0v) is 19.7. The number of thiazole rings is 1. The third-order valence-electron chi connectivity index (χ3n) is 5.83. The first-order valence-electron chi connectivity index (χ1n) is 10.6. The van der Waals surface area contributed by atoms with Gasteiger partial charge in [0.2, 0.25) is 10.0 Å². The Bertz CT molecular complexity index is 1280. The molecule has 0 N–H and O–H groups in total. The number of amides is 1. The maximum atomic E-state index is 12.9. The van der Waals surface area contributed by atoms with Gasteiger partial charge in [0.05, 0.1) is 15.1 Å². The van der Waals surface area contributed by atoms with Gasteiger partial charge in [-0.05, 0) is 74.6 Å². The minimum absolute atomic E-state index is 0.222. The summed E-state index contributed by atoms with van der Waals surface area (Å²) < 4.78 is 30.4. The van der Waals surface area contributed by atoms with Crippen LogP contribution in [0.25, 0.3) is 10.2 Å². The van der Waals surface area contributed by atoms with Crippen molar-refractivity contribution in [2.24, 2.45) is 10.9 Å². The predicted octanol–water partition coefficient (Wildman–Crippen LogP) is 4.19. The minimum Gasteiger partial charge on any atom is -0.317 e. The van der Waals surface area contributed by atoms with E-state index in [0.29, 0.717) is 35.9 Å². The molecule has 6 nitrogen and oxygen atoms in total. The van der Waals surface area contributed by atoms with E-state index in [1.165, 1.54) is 27.8 Å². The maximum Gasteiger partial charge on any atom is 0.279 e. The highest BCUT2D eigenvalue weighted by molar-refractivity contribution is 7.89. The highest BCUT2D eigenvalue weighted by atomic mass is 32.2. The Morgan fingerprint density at radius 1 is 1.13 bits per heavy atom. The Hall–Kier alpha value is -2.29.